The fourth-order valence-electron chi connectivity index (χ4n) is 2.19. The molecule has 1 saturated carbocycles. The Balaban J connectivity index is 2.36. The van der Waals surface area contributed by atoms with E-state index in [9.17, 15) is 0 Å². The van der Waals surface area contributed by atoms with Gasteiger partial charge in [0.2, 0.25) is 0 Å². The quantitative estimate of drug-likeness (QED) is 0.734. The first-order valence-electron chi connectivity index (χ1n) is 6.41. The first kappa shape index (κ1) is 13.0. The lowest BCUT2D eigenvalue weighted by Gasteiger charge is -2.32. The van der Waals surface area contributed by atoms with Crippen molar-refractivity contribution in [1.82, 2.24) is 5.32 Å². The Morgan fingerprint density at radius 2 is 2.00 bits per heavy atom. The van der Waals surface area contributed by atoms with Gasteiger partial charge in [0.05, 0.1) is 0 Å². The molecule has 0 spiro atoms. The maximum absolute atomic E-state index is 5.78. The number of nitrogens with two attached hydrogens (primary N) is 1. The van der Waals surface area contributed by atoms with Crippen molar-refractivity contribution >= 4 is 0 Å². The number of hydrogen-bond donors (Lipinski definition) is 2. The van der Waals surface area contributed by atoms with Crippen molar-refractivity contribution in [1.29, 1.82) is 0 Å². The number of rotatable bonds is 5. The van der Waals surface area contributed by atoms with Crippen molar-refractivity contribution in [3.63, 3.8) is 0 Å². The van der Waals surface area contributed by atoms with E-state index in [-0.39, 0.29) is 0 Å². The molecule has 0 aromatic rings. The lowest BCUT2D eigenvalue weighted by atomic mass is 9.81. The lowest BCUT2D eigenvalue weighted by molar-refractivity contribution is 0.220. The summed E-state index contributed by atoms with van der Waals surface area (Å²) in [6, 6.07) is 0.674. The summed E-state index contributed by atoms with van der Waals surface area (Å²) in [5.41, 5.74) is 6.17. The molecule has 1 rings (SSSR count). The minimum atomic E-state index is 0.391. The third kappa shape index (κ3) is 3.46. The van der Waals surface area contributed by atoms with Crippen LogP contribution >= 0.6 is 0 Å². The Labute approximate surface area is 95.0 Å². The molecule has 90 valence electrons. The van der Waals surface area contributed by atoms with Crippen LogP contribution in [0, 0.1) is 17.3 Å². The van der Waals surface area contributed by atoms with Crippen molar-refractivity contribution in [2.24, 2.45) is 23.0 Å². The van der Waals surface area contributed by atoms with Crippen LogP contribution in [0.2, 0.25) is 0 Å². The standard InChI is InChI=1S/C13H28N2/c1-10(2)13(3,4)9-15-12-7-5-6-11(12)8-14/h10-12,15H,5-9,14H2,1-4H3. The molecule has 2 atom stereocenters. The molecule has 3 N–H and O–H groups in total. The monoisotopic (exact) mass is 212 g/mol. The van der Waals surface area contributed by atoms with Gasteiger partial charge in [0.15, 0.2) is 0 Å². The molecular weight excluding hydrogens is 184 g/mol. The summed E-state index contributed by atoms with van der Waals surface area (Å²) in [6.45, 7) is 11.3. The van der Waals surface area contributed by atoms with E-state index < -0.39 is 0 Å². The Morgan fingerprint density at radius 1 is 1.33 bits per heavy atom. The SMILES string of the molecule is CC(C)C(C)(C)CNC1CCCC1CN. The molecule has 0 heterocycles. The third-order valence-corrected chi connectivity index (χ3v) is 4.34. The Bertz CT molecular complexity index is 187. The molecule has 0 aromatic heterocycles. The van der Waals surface area contributed by atoms with E-state index >= 15 is 0 Å². The summed E-state index contributed by atoms with van der Waals surface area (Å²) in [5, 5.41) is 3.72. The fraction of sp³-hybridized carbons (Fsp3) is 1.00. The fourth-order valence-corrected chi connectivity index (χ4v) is 2.19. The van der Waals surface area contributed by atoms with Gasteiger partial charge in [-0.3, -0.25) is 0 Å². The second-order valence-corrected chi connectivity index (χ2v) is 6.06. The minimum absolute atomic E-state index is 0.391. The van der Waals surface area contributed by atoms with Crippen LogP contribution in [0.1, 0.15) is 47.0 Å². The van der Waals surface area contributed by atoms with Gasteiger partial charge >= 0.3 is 0 Å². The molecule has 0 aliphatic heterocycles. The van der Waals surface area contributed by atoms with Gasteiger partial charge < -0.3 is 11.1 Å². The molecule has 2 heteroatoms. The highest BCUT2D eigenvalue weighted by molar-refractivity contribution is 4.86. The second kappa shape index (κ2) is 5.31. The smallest absolute Gasteiger partial charge is 0.0108 e. The zero-order valence-corrected chi connectivity index (χ0v) is 10.8. The predicted octanol–water partition coefficient (Wildman–Crippen LogP) is 2.39. The molecular formula is C13H28N2. The zero-order valence-electron chi connectivity index (χ0n) is 10.8. The van der Waals surface area contributed by atoms with Crippen LogP contribution in [-0.4, -0.2) is 19.1 Å². The van der Waals surface area contributed by atoms with Gasteiger partial charge in [-0.05, 0) is 36.6 Å². The highest BCUT2D eigenvalue weighted by Crippen LogP contribution is 2.28. The van der Waals surface area contributed by atoms with Crippen LogP contribution in [0.25, 0.3) is 0 Å². The van der Waals surface area contributed by atoms with Gasteiger partial charge in [-0.15, -0.1) is 0 Å². The molecule has 1 fully saturated rings. The third-order valence-electron chi connectivity index (χ3n) is 4.34. The Hall–Kier alpha value is -0.0800. The van der Waals surface area contributed by atoms with E-state index in [4.69, 9.17) is 5.73 Å². The average molecular weight is 212 g/mol. The molecule has 2 nitrogen and oxygen atoms in total. The van der Waals surface area contributed by atoms with Gasteiger partial charge in [0.1, 0.15) is 0 Å². The van der Waals surface area contributed by atoms with E-state index in [1.165, 1.54) is 19.3 Å². The van der Waals surface area contributed by atoms with Gasteiger partial charge in [0.25, 0.3) is 0 Å². The van der Waals surface area contributed by atoms with Crippen LogP contribution in [0.15, 0.2) is 0 Å². The largest absolute Gasteiger partial charge is 0.330 e. The maximum Gasteiger partial charge on any atom is 0.0108 e. The summed E-state index contributed by atoms with van der Waals surface area (Å²) >= 11 is 0. The molecule has 0 aromatic carbocycles. The zero-order chi connectivity index (χ0) is 11.5. The van der Waals surface area contributed by atoms with Gasteiger partial charge in [-0.25, -0.2) is 0 Å². The molecule has 0 saturated heterocycles. The van der Waals surface area contributed by atoms with Gasteiger partial charge in [-0.1, -0.05) is 34.1 Å². The van der Waals surface area contributed by atoms with Crippen molar-refractivity contribution in [2.45, 2.75) is 53.0 Å². The molecule has 1 aliphatic carbocycles. The predicted molar refractivity (Wildman–Crippen MR) is 66.8 cm³/mol. The molecule has 0 bridgehead atoms. The molecule has 2 unspecified atom stereocenters. The summed E-state index contributed by atoms with van der Waals surface area (Å²) < 4.78 is 0. The van der Waals surface area contributed by atoms with E-state index in [0.717, 1.165) is 19.0 Å². The summed E-state index contributed by atoms with van der Waals surface area (Å²) in [4.78, 5) is 0. The van der Waals surface area contributed by atoms with Crippen LogP contribution in [0.3, 0.4) is 0 Å². The number of nitrogens with one attached hydrogen (secondary N) is 1. The van der Waals surface area contributed by atoms with Crippen LogP contribution in [0.4, 0.5) is 0 Å². The Morgan fingerprint density at radius 3 is 2.53 bits per heavy atom. The van der Waals surface area contributed by atoms with Crippen LogP contribution in [0.5, 0.6) is 0 Å². The second-order valence-electron chi connectivity index (χ2n) is 6.06. The summed E-state index contributed by atoms with van der Waals surface area (Å²) in [5.74, 6) is 1.44. The van der Waals surface area contributed by atoms with Gasteiger partial charge in [0, 0.05) is 12.6 Å². The maximum atomic E-state index is 5.78. The Kier molecular flexibility index (Phi) is 4.60. The molecule has 15 heavy (non-hydrogen) atoms. The van der Waals surface area contributed by atoms with E-state index in [1.807, 2.05) is 0 Å². The van der Waals surface area contributed by atoms with E-state index in [1.54, 1.807) is 0 Å². The highest BCUT2D eigenvalue weighted by atomic mass is 14.9. The highest BCUT2D eigenvalue weighted by Gasteiger charge is 2.29. The van der Waals surface area contributed by atoms with Crippen molar-refractivity contribution in [3.05, 3.63) is 0 Å². The van der Waals surface area contributed by atoms with Crippen molar-refractivity contribution in [2.75, 3.05) is 13.1 Å². The normalized spacial score (nSPS) is 27.6. The van der Waals surface area contributed by atoms with Gasteiger partial charge in [-0.2, -0.15) is 0 Å². The number of hydrogen-bond acceptors (Lipinski definition) is 2. The average Bonchev–Trinajstić information content (AvgIpc) is 2.61. The summed E-state index contributed by atoms with van der Waals surface area (Å²) in [6.07, 6.45) is 3.98. The lowest BCUT2D eigenvalue weighted by Crippen LogP contribution is -2.42. The van der Waals surface area contributed by atoms with Crippen LogP contribution in [-0.2, 0) is 0 Å². The molecule has 0 amide bonds. The van der Waals surface area contributed by atoms with E-state index in [2.05, 4.69) is 33.0 Å². The first-order chi connectivity index (χ1) is 6.97. The topological polar surface area (TPSA) is 38.0 Å². The summed E-state index contributed by atoms with van der Waals surface area (Å²) in [7, 11) is 0. The first-order valence-corrected chi connectivity index (χ1v) is 6.41. The minimum Gasteiger partial charge on any atom is -0.330 e. The van der Waals surface area contributed by atoms with Crippen molar-refractivity contribution < 1.29 is 0 Å². The molecule has 1 aliphatic rings. The van der Waals surface area contributed by atoms with E-state index in [0.29, 0.717) is 17.4 Å². The molecule has 0 radical (unpaired) electrons. The van der Waals surface area contributed by atoms with Crippen molar-refractivity contribution in [3.8, 4) is 0 Å². The van der Waals surface area contributed by atoms with Crippen LogP contribution < -0.4 is 11.1 Å².